The highest BCUT2D eigenvalue weighted by molar-refractivity contribution is 7.92. The molecule has 4 rings (SSSR count). The highest BCUT2D eigenvalue weighted by atomic mass is 32.2. The van der Waals surface area contributed by atoms with Crippen LogP contribution in [0.3, 0.4) is 0 Å². The highest BCUT2D eigenvalue weighted by Gasteiger charge is 2.30. The van der Waals surface area contributed by atoms with E-state index >= 15 is 0 Å². The third-order valence-corrected chi connectivity index (χ3v) is 8.86. The van der Waals surface area contributed by atoms with Crippen molar-refractivity contribution in [3.63, 3.8) is 0 Å². The SMILES string of the molecule is COc1ccc(S(=O)(=O)N(CC(=O)NC(C)c2ccc(N3CCCC(C)C3)cc2)c2ccccc2OC)cc1. The number of para-hydroxylation sites is 2. The number of hydrogen-bond donors (Lipinski definition) is 1. The number of rotatable bonds is 10. The predicted molar refractivity (Wildman–Crippen MR) is 154 cm³/mol. The second-order valence-corrected chi connectivity index (χ2v) is 11.8. The number of carbonyl (C=O) groups is 1. The largest absolute Gasteiger partial charge is 0.497 e. The van der Waals surface area contributed by atoms with Crippen LogP contribution >= 0.6 is 0 Å². The Morgan fingerprint density at radius 2 is 1.72 bits per heavy atom. The summed E-state index contributed by atoms with van der Waals surface area (Å²) in [7, 11) is -1.12. The Labute approximate surface area is 231 Å². The number of nitrogens with zero attached hydrogens (tertiary/aromatic N) is 2. The standard InChI is InChI=1S/C30H37N3O5S/c1-22-8-7-19-32(20-22)25-13-11-24(12-14-25)23(2)31-30(34)21-33(28-9-5-6-10-29(28)38-4)39(35,36)27-17-15-26(37-3)16-18-27/h5-6,9-18,22-23H,7-8,19-21H2,1-4H3,(H,31,34). The molecule has 2 unspecified atom stereocenters. The van der Waals surface area contributed by atoms with Crippen LogP contribution in [-0.4, -0.2) is 48.2 Å². The van der Waals surface area contributed by atoms with Crippen molar-refractivity contribution in [1.29, 1.82) is 0 Å². The molecule has 208 valence electrons. The van der Waals surface area contributed by atoms with E-state index in [9.17, 15) is 13.2 Å². The van der Waals surface area contributed by atoms with Crippen LogP contribution in [0.25, 0.3) is 0 Å². The Morgan fingerprint density at radius 3 is 2.36 bits per heavy atom. The average molecular weight is 552 g/mol. The van der Waals surface area contributed by atoms with Gasteiger partial charge in [-0.25, -0.2) is 8.42 Å². The molecule has 1 N–H and O–H groups in total. The Morgan fingerprint density at radius 1 is 1.03 bits per heavy atom. The molecule has 1 aliphatic heterocycles. The fourth-order valence-electron chi connectivity index (χ4n) is 4.91. The van der Waals surface area contributed by atoms with Gasteiger partial charge in [0.25, 0.3) is 10.0 Å². The summed E-state index contributed by atoms with van der Waals surface area (Å²) in [5, 5.41) is 2.96. The van der Waals surface area contributed by atoms with E-state index in [1.54, 1.807) is 36.4 Å². The molecule has 1 fully saturated rings. The van der Waals surface area contributed by atoms with Crippen molar-refractivity contribution in [2.45, 2.75) is 37.6 Å². The molecule has 2 atom stereocenters. The van der Waals surface area contributed by atoms with Crippen molar-refractivity contribution in [2.24, 2.45) is 5.92 Å². The number of benzene rings is 3. The first-order valence-corrected chi connectivity index (χ1v) is 14.6. The normalized spacial score (nSPS) is 16.3. The number of nitrogens with one attached hydrogen (secondary N) is 1. The van der Waals surface area contributed by atoms with E-state index in [1.807, 2.05) is 19.1 Å². The van der Waals surface area contributed by atoms with Crippen molar-refractivity contribution >= 4 is 27.3 Å². The molecule has 0 aliphatic carbocycles. The fourth-order valence-corrected chi connectivity index (χ4v) is 6.34. The van der Waals surface area contributed by atoms with Gasteiger partial charge in [-0.15, -0.1) is 0 Å². The van der Waals surface area contributed by atoms with Crippen LogP contribution in [0.2, 0.25) is 0 Å². The summed E-state index contributed by atoms with van der Waals surface area (Å²) in [6, 6.07) is 20.7. The van der Waals surface area contributed by atoms with Crippen LogP contribution in [-0.2, 0) is 14.8 Å². The first kappa shape index (κ1) is 28.3. The van der Waals surface area contributed by atoms with Gasteiger partial charge in [0.15, 0.2) is 0 Å². The summed E-state index contributed by atoms with van der Waals surface area (Å²) in [4.78, 5) is 15.7. The van der Waals surface area contributed by atoms with Crippen molar-refractivity contribution < 1.29 is 22.7 Å². The number of methoxy groups -OCH3 is 2. The number of amides is 1. The first-order valence-electron chi connectivity index (χ1n) is 13.2. The molecule has 3 aromatic rings. The highest BCUT2D eigenvalue weighted by Crippen LogP contribution is 2.33. The number of sulfonamides is 1. The summed E-state index contributed by atoms with van der Waals surface area (Å²) < 4.78 is 39.2. The van der Waals surface area contributed by atoms with Crippen molar-refractivity contribution in [1.82, 2.24) is 5.32 Å². The number of ether oxygens (including phenoxy) is 2. The van der Waals surface area contributed by atoms with Crippen LogP contribution in [0.4, 0.5) is 11.4 Å². The van der Waals surface area contributed by atoms with Crippen molar-refractivity contribution in [3.05, 3.63) is 78.4 Å². The van der Waals surface area contributed by atoms with E-state index in [-0.39, 0.29) is 16.6 Å². The minimum absolute atomic E-state index is 0.0395. The molecule has 3 aromatic carbocycles. The maximum absolute atomic E-state index is 13.7. The van der Waals surface area contributed by atoms with Gasteiger partial charge < -0.3 is 19.7 Å². The van der Waals surface area contributed by atoms with Gasteiger partial charge in [0.2, 0.25) is 5.91 Å². The van der Waals surface area contributed by atoms with Gasteiger partial charge >= 0.3 is 0 Å². The van der Waals surface area contributed by atoms with Gasteiger partial charge in [0, 0.05) is 18.8 Å². The third kappa shape index (κ3) is 6.65. The van der Waals surface area contributed by atoms with Crippen LogP contribution in [0.1, 0.15) is 38.3 Å². The van der Waals surface area contributed by atoms with Crippen LogP contribution in [0.15, 0.2) is 77.7 Å². The van der Waals surface area contributed by atoms with Gasteiger partial charge in [0.1, 0.15) is 18.0 Å². The van der Waals surface area contributed by atoms with E-state index in [1.165, 1.54) is 44.9 Å². The lowest BCUT2D eigenvalue weighted by Crippen LogP contribution is -2.41. The van der Waals surface area contributed by atoms with Gasteiger partial charge in [-0.3, -0.25) is 9.10 Å². The molecule has 0 spiro atoms. The van der Waals surface area contributed by atoms with Crippen molar-refractivity contribution in [3.8, 4) is 11.5 Å². The number of piperidine rings is 1. The smallest absolute Gasteiger partial charge is 0.264 e. The summed E-state index contributed by atoms with van der Waals surface area (Å²) in [5.41, 5.74) is 2.40. The summed E-state index contributed by atoms with van der Waals surface area (Å²) in [5.74, 6) is 1.12. The lowest BCUT2D eigenvalue weighted by molar-refractivity contribution is -0.120. The van der Waals surface area contributed by atoms with Crippen LogP contribution < -0.4 is 24.0 Å². The first-order chi connectivity index (χ1) is 18.7. The molecule has 1 aliphatic rings. The van der Waals surface area contributed by atoms with E-state index in [0.717, 1.165) is 23.0 Å². The topological polar surface area (TPSA) is 88.2 Å². The Bertz CT molecular complexity index is 1360. The lowest BCUT2D eigenvalue weighted by atomic mass is 9.99. The number of carbonyl (C=O) groups excluding carboxylic acids is 1. The summed E-state index contributed by atoms with van der Waals surface area (Å²) in [6.45, 7) is 5.86. The molecule has 0 saturated carbocycles. The fraction of sp³-hybridized carbons (Fsp3) is 0.367. The molecule has 1 saturated heterocycles. The summed E-state index contributed by atoms with van der Waals surface area (Å²) in [6.07, 6.45) is 2.45. The Kier molecular flexibility index (Phi) is 9.01. The van der Waals surface area contributed by atoms with Gasteiger partial charge in [-0.2, -0.15) is 0 Å². The second kappa shape index (κ2) is 12.4. The summed E-state index contributed by atoms with van der Waals surface area (Å²) >= 11 is 0. The third-order valence-electron chi connectivity index (χ3n) is 7.08. The molecule has 0 aromatic heterocycles. The average Bonchev–Trinajstić information content (AvgIpc) is 2.96. The van der Waals surface area contributed by atoms with E-state index < -0.39 is 22.5 Å². The quantitative estimate of drug-likeness (QED) is 0.381. The monoisotopic (exact) mass is 551 g/mol. The molecule has 1 heterocycles. The van der Waals surface area contributed by atoms with E-state index in [4.69, 9.17) is 9.47 Å². The predicted octanol–water partition coefficient (Wildman–Crippen LogP) is 5.01. The van der Waals surface area contributed by atoms with Gasteiger partial charge in [0.05, 0.1) is 30.8 Å². The molecule has 8 nitrogen and oxygen atoms in total. The number of hydrogen-bond acceptors (Lipinski definition) is 6. The molecule has 0 radical (unpaired) electrons. The number of anilines is 2. The minimum atomic E-state index is -4.10. The van der Waals surface area contributed by atoms with E-state index in [2.05, 4.69) is 29.3 Å². The lowest BCUT2D eigenvalue weighted by Gasteiger charge is -2.33. The zero-order valence-electron chi connectivity index (χ0n) is 23.0. The molecular formula is C30H37N3O5S. The van der Waals surface area contributed by atoms with E-state index in [0.29, 0.717) is 17.4 Å². The maximum Gasteiger partial charge on any atom is 0.264 e. The second-order valence-electron chi connectivity index (χ2n) is 9.93. The zero-order valence-corrected chi connectivity index (χ0v) is 23.8. The molecule has 0 bridgehead atoms. The molecule has 9 heteroatoms. The Balaban J connectivity index is 1.53. The maximum atomic E-state index is 13.7. The molecular weight excluding hydrogens is 514 g/mol. The van der Waals surface area contributed by atoms with Crippen molar-refractivity contribution in [2.75, 3.05) is 43.1 Å². The van der Waals surface area contributed by atoms with Crippen LogP contribution in [0.5, 0.6) is 11.5 Å². The zero-order chi connectivity index (χ0) is 28.0. The molecule has 1 amide bonds. The minimum Gasteiger partial charge on any atom is -0.497 e. The molecule has 39 heavy (non-hydrogen) atoms. The Hall–Kier alpha value is -3.72. The van der Waals surface area contributed by atoms with Gasteiger partial charge in [-0.05, 0) is 79.8 Å². The van der Waals surface area contributed by atoms with Gasteiger partial charge in [-0.1, -0.05) is 31.2 Å². The van der Waals surface area contributed by atoms with Crippen LogP contribution in [0, 0.1) is 5.92 Å².